The molecule has 0 spiro atoms. The molecule has 5 rings (SSSR count). The van der Waals surface area contributed by atoms with Gasteiger partial charge < -0.3 is 9.64 Å². The van der Waals surface area contributed by atoms with Gasteiger partial charge in [0, 0.05) is 18.7 Å². The minimum Gasteiger partial charge on any atom is -0.378 e. The van der Waals surface area contributed by atoms with Gasteiger partial charge in [-0.2, -0.15) is 0 Å². The van der Waals surface area contributed by atoms with E-state index in [1.807, 2.05) is 41.3 Å². The Balaban J connectivity index is 1.41. The predicted octanol–water partition coefficient (Wildman–Crippen LogP) is 3.63. The number of carbonyl (C=O) groups is 1. The van der Waals surface area contributed by atoms with Crippen LogP contribution < -0.4 is 9.09 Å². The summed E-state index contributed by atoms with van der Waals surface area (Å²) in [4.78, 5) is 19.9. The fourth-order valence-electron chi connectivity index (χ4n) is 3.58. The van der Waals surface area contributed by atoms with Crippen LogP contribution in [0.5, 0.6) is 11.5 Å². The van der Waals surface area contributed by atoms with Crippen molar-refractivity contribution in [2.75, 3.05) is 26.3 Å². The van der Waals surface area contributed by atoms with Crippen LogP contribution in [0.3, 0.4) is 0 Å². The standard InChI is InChI=1S/C24H20AsFN2O3S/c25-17-5-6-20(18(26)13-17)31-21-7-8-27-19-14-22(32-23(19)21)15-1-3-16(4-2-15)24(29)28-9-11-30-12-10-28/h1-8,13-14H,9-12,25H2. The number of benzene rings is 2. The molecule has 1 fully saturated rings. The molecular formula is C24H20AsFN2O3S. The van der Waals surface area contributed by atoms with Gasteiger partial charge in [-0.1, -0.05) is 0 Å². The Morgan fingerprint density at radius 1 is 1.06 bits per heavy atom. The number of ether oxygens (including phenoxy) is 2. The van der Waals surface area contributed by atoms with E-state index in [0.29, 0.717) is 37.6 Å². The van der Waals surface area contributed by atoms with E-state index >= 15 is 0 Å². The van der Waals surface area contributed by atoms with Crippen molar-refractivity contribution in [2.24, 2.45) is 0 Å². The Morgan fingerprint density at radius 3 is 2.59 bits per heavy atom. The van der Waals surface area contributed by atoms with Crippen LogP contribution in [0.4, 0.5) is 4.39 Å². The van der Waals surface area contributed by atoms with Gasteiger partial charge in [0.25, 0.3) is 5.91 Å². The normalized spacial score (nSPS) is 14.0. The number of aromatic nitrogens is 1. The Hall–Kier alpha value is -2.73. The van der Waals surface area contributed by atoms with Crippen LogP contribution in [0.15, 0.2) is 60.8 Å². The summed E-state index contributed by atoms with van der Waals surface area (Å²) in [6.45, 7) is 2.40. The second-order valence-electron chi connectivity index (χ2n) is 7.41. The molecule has 1 unspecified atom stereocenters. The molecule has 1 atom stereocenters. The second-order valence-corrected chi connectivity index (χ2v) is 9.86. The first kappa shape index (κ1) is 21.1. The van der Waals surface area contributed by atoms with E-state index in [-0.39, 0.29) is 17.5 Å². The summed E-state index contributed by atoms with van der Waals surface area (Å²) in [5.74, 6) is 0.405. The van der Waals surface area contributed by atoms with Gasteiger partial charge in [0.15, 0.2) is 0 Å². The summed E-state index contributed by atoms with van der Waals surface area (Å²) in [7, 11) is 0. The fourth-order valence-corrected chi connectivity index (χ4v) is 5.16. The molecule has 5 nitrogen and oxygen atoms in total. The van der Waals surface area contributed by atoms with Crippen LogP contribution in [-0.2, 0) is 4.74 Å². The average Bonchev–Trinajstić information content (AvgIpc) is 3.26. The van der Waals surface area contributed by atoms with E-state index in [1.165, 1.54) is 34.3 Å². The summed E-state index contributed by atoms with van der Waals surface area (Å²) in [5.41, 5.74) is 2.43. The summed E-state index contributed by atoms with van der Waals surface area (Å²) >= 11 is 2.89. The predicted molar refractivity (Wildman–Crippen MR) is 126 cm³/mol. The van der Waals surface area contributed by atoms with E-state index in [9.17, 15) is 9.18 Å². The number of rotatable bonds is 4. The number of morpholine rings is 1. The van der Waals surface area contributed by atoms with Gasteiger partial charge in [0.1, 0.15) is 0 Å². The fraction of sp³-hybridized carbons (Fsp3) is 0.167. The first-order valence-corrected chi connectivity index (χ1v) is 12.2. The summed E-state index contributed by atoms with van der Waals surface area (Å²) in [5, 5.41) is 0. The van der Waals surface area contributed by atoms with Gasteiger partial charge in [-0.3, -0.25) is 4.79 Å². The molecule has 0 N–H and O–H groups in total. The zero-order valence-corrected chi connectivity index (χ0v) is 20.3. The van der Waals surface area contributed by atoms with E-state index in [1.54, 1.807) is 18.3 Å². The number of thiophene rings is 1. The molecule has 162 valence electrons. The van der Waals surface area contributed by atoms with Crippen molar-refractivity contribution in [3.8, 4) is 21.9 Å². The second kappa shape index (κ2) is 9.02. The minimum atomic E-state index is -0.380. The summed E-state index contributed by atoms with van der Waals surface area (Å²) in [6, 6.07) is 16.3. The molecule has 0 radical (unpaired) electrons. The van der Waals surface area contributed by atoms with Crippen LogP contribution >= 0.6 is 11.3 Å². The van der Waals surface area contributed by atoms with Crippen molar-refractivity contribution >= 4 is 48.7 Å². The molecule has 2 aromatic carbocycles. The minimum absolute atomic E-state index is 0.0230. The number of hydrogen-bond donors (Lipinski definition) is 0. The summed E-state index contributed by atoms with van der Waals surface area (Å²) < 4.78 is 27.2. The monoisotopic (exact) mass is 510 g/mol. The molecular weight excluding hydrogens is 490 g/mol. The molecule has 1 saturated heterocycles. The zero-order valence-electron chi connectivity index (χ0n) is 17.1. The van der Waals surface area contributed by atoms with Crippen molar-refractivity contribution in [1.82, 2.24) is 9.88 Å². The molecule has 1 aliphatic heterocycles. The smallest absolute Gasteiger partial charge is 0.378 e. The average molecular weight is 510 g/mol. The van der Waals surface area contributed by atoms with Crippen molar-refractivity contribution in [3.05, 3.63) is 72.2 Å². The Kier molecular flexibility index (Phi) is 5.96. The Bertz CT molecular complexity index is 1290. The molecule has 3 heterocycles. The van der Waals surface area contributed by atoms with Crippen LogP contribution in [0, 0.1) is 5.82 Å². The molecule has 0 bridgehead atoms. The molecule has 8 heteroatoms. The van der Waals surface area contributed by atoms with Gasteiger partial charge >= 0.3 is 145 Å². The van der Waals surface area contributed by atoms with E-state index < -0.39 is 0 Å². The number of amides is 1. The van der Waals surface area contributed by atoms with Gasteiger partial charge in [-0.25, -0.2) is 0 Å². The van der Waals surface area contributed by atoms with E-state index in [0.717, 1.165) is 25.0 Å². The quantitative estimate of drug-likeness (QED) is 0.394. The van der Waals surface area contributed by atoms with E-state index in [2.05, 4.69) is 4.98 Å². The van der Waals surface area contributed by atoms with Crippen LogP contribution in [0.1, 0.15) is 10.4 Å². The molecule has 4 aromatic rings. The van der Waals surface area contributed by atoms with Crippen LogP contribution in [0.25, 0.3) is 20.7 Å². The SMILES string of the molecule is O=C(c1ccc(-c2cc3nccc(Oc4ccc([AsH2])cc4F)c3s2)cc1)N1CCOCC1. The van der Waals surface area contributed by atoms with Gasteiger partial charge in [-0.15, -0.1) is 0 Å². The Labute approximate surface area is 197 Å². The maximum atomic E-state index is 14.3. The molecule has 0 aliphatic carbocycles. The Morgan fingerprint density at radius 2 is 1.84 bits per heavy atom. The van der Waals surface area contributed by atoms with E-state index in [4.69, 9.17) is 9.47 Å². The summed E-state index contributed by atoms with van der Waals surface area (Å²) in [6.07, 6.45) is 1.66. The van der Waals surface area contributed by atoms with Crippen LogP contribution in [0.2, 0.25) is 0 Å². The third-order valence-electron chi connectivity index (χ3n) is 5.27. The first-order valence-electron chi connectivity index (χ1n) is 10.2. The van der Waals surface area contributed by atoms with Crippen molar-refractivity contribution in [1.29, 1.82) is 0 Å². The topological polar surface area (TPSA) is 51.7 Å². The third kappa shape index (κ3) is 4.28. The molecule has 1 aliphatic rings. The van der Waals surface area contributed by atoms with Crippen molar-refractivity contribution < 1.29 is 18.7 Å². The van der Waals surface area contributed by atoms with Gasteiger partial charge in [0.2, 0.25) is 0 Å². The molecule has 2 aromatic heterocycles. The third-order valence-corrected chi connectivity index (χ3v) is 7.21. The van der Waals surface area contributed by atoms with Crippen LogP contribution in [-0.4, -0.2) is 58.9 Å². The maximum absolute atomic E-state index is 14.3. The first-order chi connectivity index (χ1) is 15.6. The molecule has 32 heavy (non-hydrogen) atoms. The number of carbonyl (C=O) groups excluding carboxylic acids is 1. The van der Waals surface area contributed by atoms with Crippen molar-refractivity contribution in [2.45, 2.75) is 0 Å². The zero-order chi connectivity index (χ0) is 22.1. The van der Waals surface area contributed by atoms with Gasteiger partial charge in [0.05, 0.1) is 13.2 Å². The number of nitrogens with zero attached hydrogens (tertiary/aromatic N) is 2. The number of hydrogen-bond acceptors (Lipinski definition) is 5. The van der Waals surface area contributed by atoms with Crippen molar-refractivity contribution in [3.63, 3.8) is 0 Å². The number of halogens is 1. The number of pyridine rings is 1. The molecule has 1 amide bonds. The molecule has 0 saturated carbocycles. The van der Waals surface area contributed by atoms with Gasteiger partial charge in [-0.05, 0) is 0 Å². The number of fused-ring (bicyclic) bond motifs is 1.